The monoisotopic (exact) mass is 312 g/mol. The number of benzene rings is 2. The van der Waals surface area contributed by atoms with Crippen LogP contribution < -0.4 is 14.2 Å². The zero-order valence-corrected chi connectivity index (χ0v) is 12.8. The number of allylic oxidation sites excluding steroid dienone is 1. The standard InChI is InChI=1S/C18H16O5/c1-21-15-8-6-14(7-9-15)18(20)23-16-10-5-13(4-3-11-19)17(12-16)22-2/h3-12H,1-2H3/b4-3+. The fourth-order valence-corrected chi connectivity index (χ4v) is 1.93. The molecule has 2 rings (SSSR count). The van der Waals surface area contributed by atoms with Crippen molar-refractivity contribution >= 4 is 18.3 Å². The van der Waals surface area contributed by atoms with Crippen LogP contribution in [0.2, 0.25) is 0 Å². The Morgan fingerprint density at radius 2 is 1.65 bits per heavy atom. The van der Waals surface area contributed by atoms with Gasteiger partial charge in [0.05, 0.1) is 19.8 Å². The van der Waals surface area contributed by atoms with Gasteiger partial charge in [0.2, 0.25) is 0 Å². The number of ether oxygens (including phenoxy) is 3. The molecule has 0 aliphatic rings. The topological polar surface area (TPSA) is 61.8 Å². The van der Waals surface area contributed by atoms with E-state index in [1.807, 2.05) is 0 Å². The summed E-state index contributed by atoms with van der Waals surface area (Å²) in [7, 11) is 3.06. The largest absolute Gasteiger partial charge is 0.497 e. The van der Waals surface area contributed by atoms with Gasteiger partial charge in [0, 0.05) is 11.6 Å². The van der Waals surface area contributed by atoms with Crippen molar-refractivity contribution < 1.29 is 23.8 Å². The zero-order valence-electron chi connectivity index (χ0n) is 12.8. The molecule has 23 heavy (non-hydrogen) atoms. The van der Waals surface area contributed by atoms with E-state index in [1.165, 1.54) is 13.2 Å². The average Bonchev–Trinajstić information content (AvgIpc) is 2.60. The van der Waals surface area contributed by atoms with Crippen molar-refractivity contribution in [3.8, 4) is 17.2 Å². The molecule has 2 aromatic carbocycles. The summed E-state index contributed by atoms with van der Waals surface area (Å²) in [5.74, 6) is 1.04. The van der Waals surface area contributed by atoms with Crippen LogP contribution in [-0.4, -0.2) is 26.5 Å². The molecule has 0 aromatic heterocycles. The number of carbonyl (C=O) groups is 2. The number of hydrogen-bond donors (Lipinski definition) is 0. The summed E-state index contributed by atoms with van der Waals surface area (Å²) in [5.41, 5.74) is 1.12. The van der Waals surface area contributed by atoms with Crippen LogP contribution in [0.5, 0.6) is 17.2 Å². The van der Waals surface area contributed by atoms with Crippen LogP contribution >= 0.6 is 0 Å². The van der Waals surface area contributed by atoms with Crippen molar-refractivity contribution in [1.82, 2.24) is 0 Å². The molecule has 0 spiro atoms. The van der Waals surface area contributed by atoms with E-state index in [-0.39, 0.29) is 0 Å². The smallest absolute Gasteiger partial charge is 0.343 e. The van der Waals surface area contributed by atoms with Crippen molar-refractivity contribution in [2.75, 3.05) is 14.2 Å². The second-order valence-electron chi connectivity index (χ2n) is 4.52. The van der Waals surface area contributed by atoms with E-state index < -0.39 is 5.97 Å². The molecule has 0 unspecified atom stereocenters. The van der Waals surface area contributed by atoms with Crippen molar-refractivity contribution in [3.05, 3.63) is 59.7 Å². The lowest BCUT2D eigenvalue weighted by Crippen LogP contribution is -2.08. The molecule has 0 saturated carbocycles. The molecule has 0 aliphatic carbocycles. The second kappa shape index (κ2) is 7.79. The molecule has 0 saturated heterocycles. The van der Waals surface area contributed by atoms with Crippen LogP contribution in [0.1, 0.15) is 15.9 Å². The van der Waals surface area contributed by atoms with Crippen molar-refractivity contribution in [2.24, 2.45) is 0 Å². The molecule has 0 heterocycles. The number of carbonyl (C=O) groups excluding carboxylic acids is 2. The molecule has 118 valence electrons. The third-order valence-electron chi connectivity index (χ3n) is 3.10. The summed E-state index contributed by atoms with van der Waals surface area (Å²) in [6.07, 6.45) is 3.65. The maximum atomic E-state index is 12.1. The Morgan fingerprint density at radius 3 is 2.26 bits per heavy atom. The van der Waals surface area contributed by atoms with Gasteiger partial charge in [0.15, 0.2) is 0 Å². The maximum Gasteiger partial charge on any atom is 0.343 e. The predicted octanol–water partition coefficient (Wildman–Crippen LogP) is 3.14. The molecule has 0 fully saturated rings. The van der Waals surface area contributed by atoms with Gasteiger partial charge in [-0.1, -0.05) is 0 Å². The number of rotatable bonds is 6. The Labute approximate surface area is 134 Å². The molecule has 0 atom stereocenters. The highest BCUT2D eigenvalue weighted by Crippen LogP contribution is 2.26. The van der Waals surface area contributed by atoms with Gasteiger partial charge in [-0.05, 0) is 48.6 Å². The van der Waals surface area contributed by atoms with E-state index in [0.717, 1.165) is 0 Å². The molecule has 0 amide bonds. The maximum absolute atomic E-state index is 12.1. The lowest BCUT2D eigenvalue weighted by Gasteiger charge is -2.09. The predicted molar refractivity (Wildman–Crippen MR) is 86.0 cm³/mol. The van der Waals surface area contributed by atoms with E-state index >= 15 is 0 Å². The van der Waals surface area contributed by atoms with Crippen LogP contribution in [0.3, 0.4) is 0 Å². The van der Waals surface area contributed by atoms with Gasteiger partial charge in [-0.3, -0.25) is 4.79 Å². The Bertz CT molecular complexity index is 717. The van der Waals surface area contributed by atoms with Gasteiger partial charge in [-0.15, -0.1) is 0 Å². The fourth-order valence-electron chi connectivity index (χ4n) is 1.93. The van der Waals surface area contributed by atoms with E-state index in [0.29, 0.717) is 34.7 Å². The highest BCUT2D eigenvalue weighted by molar-refractivity contribution is 5.91. The summed E-state index contributed by atoms with van der Waals surface area (Å²) in [5, 5.41) is 0. The SMILES string of the molecule is COc1ccc(C(=O)Oc2ccc(/C=C/C=O)c(OC)c2)cc1. The van der Waals surface area contributed by atoms with Gasteiger partial charge in [-0.2, -0.15) is 0 Å². The molecule has 0 bridgehead atoms. The van der Waals surface area contributed by atoms with Crippen molar-refractivity contribution in [2.45, 2.75) is 0 Å². The van der Waals surface area contributed by atoms with Crippen molar-refractivity contribution in [1.29, 1.82) is 0 Å². The molecular formula is C18H16O5. The van der Waals surface area contributed by atoms with Crippen LogP contribution in [0, 0.1) is 0 Å². The first-order valence-electron chi connectivity index (χ1n) is 6.84. The zero-order chi connectivity index (χ0) is 16.7. The van der Waals surface area contributed by atoms with E-state index in [2.05, 4.69) is 0 Å². The summed E-state index contributed by atoms with van der Waals surface area (Å²) in [6.45, 7) is 0. The molecule has 0 radical (unpaired) electrons. The third kappa shape index (κ3) is 4.20. The number of hydrogen-bond acceptors (Lipinski definition) is 5. The van der Waals surface area contributed by atoms with Crippen molar-refractivity contribution in [3.63, 3.8) is 0 Å². The Balaban J connectivity index is 2.16. The molecule has 5 nitrogen and oxygen atoms in total. The lowest BCUT2D eigenvalue weighted by molar-refractivity contribution is -0.104. The van der Waals surface area contributed by atoms with E-state index in [9.17, 15) is 9.59 Å². The number of aldehydes is 1. The normalized spacial score (nSPS) is 10.3. The van der Waals surface area contributed by atoms with Crippen LogP contribution in [0.25, 0.3) is 6.08 Å². The Kier molecular flexibility index (Phi) is 5.52. The fraction of sp³-hybridized carbons (Fsp3) is 0.111. The highest BCUT2D eigenvalue weighted by atomic mass is 16.5. The summed E-state index contributed by atoms with van der Waals surface area (Å²) < 4.78 is 15.6. The van der Waals surface area contributed by atoms with Gasteiger partial charge in [0.25, 0.3) is 0 Å². The minimum Gasteiger partial charge on any atom is -0.497 e. The molecule has 0 aliphatic heterocycles. The van der Waals surface area contributed by atoms with E-state index in [4.69, 9.17) is 14.2 Å². The highest BCUT2D eigenvalue weighted by Gasteiger charge is 2.10. The lowest BCUT2D eigenvalue weighted by atomic mass is 10.1. The summed E-state index contributed by atoms with van der Waals surface area (Å²) >= 11 is 0. The molecular weight excluding hydrogens is 296 g/mol. The Hall–Kier alpha value is -3.08. The third-order valence-corrected chi connectivity index (χ3v) is 3.10. The first-order chi connectivity index (χ1) is 11.2. The molecule has 2 aromatic rings. The summed E-state index contributed by atoms with van der Waals surface area (Å²) in [4.78, 5) is 22.5. The van der Waals surface area contributed by atoms with Gasteiger partial charge >= 0.3 is 5.97 Å². The Morgan fingerprint density at radius 1 is 0.957 bits per heavy atom. The number of methoxy groups -OCH3 is 2. The number of esters is 1. The van der Waals surface area contributed by atoms with Gasteiger partial charge < -0.3 is 14.2 Å². The minimum atomic E-state index is -0.481. The minimum absolute atomic E-state index is 0.353. The summed E-state index contributed by atoms with van der Waals surface area (Å²) in [6, 6.07) is 11.5. The van der Waals surface area contributed by atoms with Gasteiger partial charge in [-0.25, -0.2) is 4.79 Å². The van der Waals surface area contributed by atoms with Crippen LogP contribution in [-0.2, 0) is 4.79 Å². The van der Waals surface area contributed by atoms with Crippen LogP contribution in [0.15, 0.2) is 48.5 Å². The van der Waals surface area contributed by atoms with Gasteiger partial charge in [0.1, 0.15) is 23.5 Å². The van der Waals surface area contributed by atoms with E-state index in [1.54, 1.807) is 55.7 Å². The first-order valence-corrected chi connectivity index (χ1v) is 6.84. The quantitative estimate of drug-likeness (QED) is 0.355. The second-order valence-corrected chi connectivity index (χ2v) is 4.52. The molecule has 0 N–H and O–H groups in total. The molecule has 5 heteroatoms. The first kappa shape index (κ1) is 16.3. The average molecular weight is 312 g/mol. The van der Waals surface area contributed by atoms with Crippen LogP contribution in [0.4, 0.5) is 0 Å².